The van der Waals surface area contributed by atoms with E-state index in [0.717, 1.165) is 5.39 Å². The molecule has 0 radical (unpaired) electrons. The Bertz CT molecular complexity index is 644. The van der Waals surface area contributed by atoms with E-state index in [9.17, 15) is 14.7 Å². The van der Waals surface area contributed by atoms with Crippen LogP contribution < -0.4 is 5.32 Å². The molecule has 5 nitrogen and oxygen atoms in total. The third-order valence-corrected chi connectivity index (χ3v) is 3.04. The second-order valence-corrected chi connectivity index (χ2v) is 5.19. The largest absolute Gasteiger partial charge is 0.478 e. The highest BCUT2D eigenvalue weighted by Gasteiger charge is 2.13. The van der Waals surface area contributed by atoms with E-state index in [1.807, 2.05) is 26.0 Å². The summed E-state index contributed by atoms with van der Waals surface area (Å²) in [5, 5.41) is 12.9. The Morgan fingerprint density at radius 1 is 1.30 bits per heavy atom. The van der Waals surface area contributed by atoms with Crippen LogP contribution in [0, 0.1) is 5.92 Å². The minimum Gasteiger partial charge on any atom is -0.478 e. The van der Waals surface area contributed by atoms with E-state index in [1.54, 1.807) is 22.9 Å². The maximum atomic E-state index is 11.9. The van der Waals surface area contributed by atoms with Crippen LogP contribution in [0.25, 0.3) is 10.9 Å². The van der Waals surface area contributed by atoms with Crippen molar-refractivity contribution in [1.29, 1.82) is 0 Å². The first-order chi connectivity index (χ1) is 9.49. The molecular weight excluding hydrogens is 256 g/mol. The summed E-state index contributed by atoms with van der Waals surface area (Å²) in [6.07, 6.45) is 1.74. The maximum absolute atomic E-state index is 11.9. The van der Waals surface area contributed by atoms with Crippen molar-refractivity contribution in [3.63, 3.8) is 0 Å². The van der Waals surface area contributed by atoms with Crippen LogP contribution in [0.5, 0.6) is 0 Å². The lowest BCUT2D eigenvalue weighted by Crippen LogP contribution is -2.30. The van der Waals surface area contributed by atoms with Crippen molar-refractivity contribution in [2.24, 2.45) is 5.92 Å². The van der Waals surface area contributed by atoms with E-state index < -0.39 is 5.97 Å². The molecule has 1 amide bonds. The first-order valence-corrected chi connectivity index (χ1v) is 6.57. The monoisotopic (exact) mass is 274 g/mol. The van der Waals surface area contributed by atoms with Crippen molar-refractivity contribution in [3.05, 3.63) is 36.0 Å². The van der Waals surface area contributed by atoms with Gasteiger partial charge in [-0.3, -0.25) is 4.79 Å². The lowest BCUT2D eigenvalue weighted by atomic mass is 10.1. The zero-order valence-corrected chi connectivity index (χ0v) is 11.6. The fourth-order valence-electron chi connectivity index (χ4n) is 2.09. The number of aromatic nitrogens is 1. The quantitative estimate of drug-likeness (QED) is 0.877. The van der Waals surface area contributed by atoms with Gasteiger partial charge in [0.15, 0.2) is 0 Å². The van der Waals surface area contributed by atoms with Crippen molar-refractivity contribution >= 4 is 22.8 Å². The number of aromatic carboxylic acids is 1. The van der Waals surface area contributed by atoms with Crippen molar-refractivity contribution in [2.75, 3.05) is 6.54 Å². The summed E-state index contributed by atoms with van der Waals surface area (Å²) in [6.45, 7) is 4.78. The van der Waals surface area contributed by atoms with E-state index in [1.165, 1.54) is 0 Å². The molecule has 20 heavy (non-hydrogen) atoms. The van der Waals surface area contributed by atoms with Gasteiger partial charge < -0.3 is 15.0 Å². The molecule has 0 spiro atoms. The number of carbonyl (C=O) groups excluding carboxylic acids is 1. The molecule has 2 rings (SSSR count). The smallest absolute Gasteiger partial charge is 0.337 e. The molecule has 0 fully saturated rings. The number of nitrogens with one attached hydrogen (secondary N) is 1. The molecule has 0 unspecified atom stereocenters. The molecule has 1 aromatic heterocycles. The summed E-state index contributed by atoms with van der Waals surface area (Å²) >= 11 is 0. The number of carboxylic acid groups (broad SMARTS) is 1. The standard InChI is InChI=1S/C15H18N2O3/c1-10(2)8-16-13(18)9-17-7-6-11-4-3-5-12(14(11)17)15(19)20/h3-7,10H,8-9H2,1-2H3,(H,16,18)(H,19,20). The third kappa shape index (κ3) is 2.99. The summed E-state index contributed by atoms with van der Waals surface area (Å²) in [6, 6.07) is 6.91. The summed E-state index contributed by atoms with van der Waals surface area (Å²) in [5.41, 5.74) is 0.795. The highest BCUT2D eigenvalue weighted by molar-refractivity contribution is 6.02. The number of carboxylic acids is 1. The predicted molar refractivity (Wildman–Crippen MR) is 76.7 cm³/mol. The van der Waals surface area contributed by atoms with Crippen LogP contribution in [0.1, 0.15) is 24.2 Å². The average molecular weight is 274 g/mol. The number of nitrogens with zero attached hydrogens (tertiary/aromatic N) is 1. The van der Waals surface area contributed by atoms with Crippen molar-refractivity contribution < 1.29 is 14.7 Å². The number of fused-ring (bicyclic) bond motifs is 1. The summed E-state index contributed by atoms with van der Waals surface area (Å²) in [7, 11) is 0. The van der Waals surface area contributed by atoms with Gasteiger partial charge in [-0.25, -0.2) is 4.79 Å². The molecule has 0 aliphatic carbocycles. The first-order valence-electron chi connectivity index (χ1n) is 6.57. The van der Waals surface area contributed by atoms with E-state index in [0.29, 0.717) is 18.0 Å². The molecule has 0 bridgehead atoms. The van der Waals surface area contributed by atoms with Crippen molar-refractivity contribution in [2.45, 2.75) is 20.4 Å². The Morgan fingerprint density at radius 3 is 2.70 bits per heavy atom. The van der Waals surface area contributed by atoms with Gasteiger partial charge in [0.05, 0.1) is 11.1 Å². The van der Waals surface area contributed by atoms with Crippen LogP contribution in [0.4, 0.5) is 0 Å². The van der Waals surface area contributed by atoms with Gasteiger partial charge in [0, 0.05) is 18.1 Å². The summed E-state index contributed by atoms with van der Waals surface area (Å²) in [5.74, 6) is -0.718. The van der Waals surface area contributed by atoms with Crippen LogP contribution in [0.15, 0.2) is 30.5 Å². The highest BCUT2D eigenvalue weighted by Crippen LogP contribution is 2.20. The Balaban J connectivity index is 2.26. The SMILES string of the molecule is CC(C)CNC(=O)Cn1ccc2cccc(C(=O)O)c21. The van der Waals surface area contributed by atoms with Gasteiger partial charge in [-0.15, -0.1) is 0 Å². The van der Waals surface area contributed by atoms with E-state index >= 15 is 0 Å². The fourth-order valence-corrected chi connectivity index (χ4v) is 2.09. The highest BCUT2D eigenvalue weighted by atomic mass is 16.4. The Labute approximate surface area is 117 Å². The Kier molecular flexibility index (Phi) is 4.08. The van der Waals surface area contributed by atoms with Crippen LogP contribution in [0.3, 0.4) is 0 Å². The minimum atomic E-state index is -0.988. The molecule has 1 aromatic carbocycles. The number of hydrogen-bond acceptors (Lipinski definition) is 2. The minimum absolute atomic E-state index is 0.114. The molecule has 106 valence electrons. The second kappa shape index (κ2) is 5.77. The maximum Gasteiger partial charge on any atom is 0.337 e. The second-order valence-electron chi connectivity index (χ2n) is 5.19. The molecule has 0 saturated carbocycles. The molecule has 0 saturated heterocycles. The number of para-hydroxylation sites is 1. The first kappa shape index (κ1) is 14.1. The number of hydrogen-bond donors (Lipinski definition) is 2. The molecular formula is C15H18N2O3. The van der Waals surface area contributed by atoms with Gasteiger partial charge in [0.25, 0.3) is 0 Å². The number of amides is 1. The van der Waals surface area contributed by atoms with Gasteiger partial charge in [0.2, 0.25) is 5.91 Å². The zero-order valence-electron chi connectivity index (χ0n) is 11.6. The lowest BCUT2D eigenvalue weighted by molar-refractivity contribution is -0.121. The number of benzene rings is 1. The van der Waals surface area contributed by atoms with Crippen LogP contribution >= 0.6 is 0 Å². The third-order valence-electron chi connectivity index (χ3n) is 3.04. The van der Waals surface area contributed by atoms with E-state index in [-0.39, 0.29) is 18.0 Å². The molecule has 1 heterocycles. The zero-order chi connectivity index (χ0) is 14.7. The average Bonchev–Trinajstić information content (AvgIpc) is 2.79. The Hall–Kier alpha value is -2.30. The lowest BCUT2D eigenvalue weighted by Gasteiger charge is -2.10. The molecule has 0 aliphatic heterocycles. The molecule has 5 heteroatoms. The summed E-state index contributed by atoms with van der Waals surface area (Å²) < 4.78 is 1.68. The van der Waals surface area contributed by atoms with E-state index in [4.69, 9.17) is 0 Å². The van der Waals surface area contributed by atoms with E-state index in [2.05, 4.69) is 5.32 Å². The number of carbonyl (C=O) groups is 2. The van der Waals surface area contributed by atoms with Gasteiger partial charge in [0.1, 0.15) is 6.54 Å². The topological polar surface area (TPSA) is 71.3 Å². The van der Waals surface area contributed by atoms with Crippen LogP contribution in [0.2, 0.25) is 0 Å². The molecule has 2 N–H and O–H groups in total. The van der Waals surface area contributed by atoms with Crippen LogP contribution in [-0.2, 0) is 11.3 Å². The summed E-state index contributed by atoms with van der Waals surface area (Å²) in [4.78, 5) is 23.1. The van der Waals surface area contributed by atoms with Crippen molar-refractivity contribution in [3.8, 4) is 0 Å². The normalized spacial score (nSPS) is 10.9. The van der Waals surface area contributed by atoms with Crippen LogP contribution in [-0.4, -0.2) is 28.1 Å². The molecule has 0 atom stereocenters. The van der Waals surface area contributed by atoms with Gasteiger partial charge in [-0.1, -0.05) is 26.0 Å². The van der Waals surface area contributed by atoms with Gasteiger partial charge >= 0.3 is 5.97 Å². The molecule has 0 aliphatic rings. The van der Waals surface area contributed by atoms with Gasteiger partial charge in [-0.05, 0) is 18.1 Å². The Morgan fingerprint density at radius 2 is 2.05 bits per heavy atom. The fraction of sp³-hybridized carbons (Fsp3) is 0.333. The molecule has 2 aromatic rings. The number of rotatable bonds is 5. The van der Waals surface area contributed by atoms with Crippen molar-refractivity contribution in [1.82, 2.24) is 9.88 Å². The predicted octanol–water partition coefficient (Wildman–Crippen LogP) is 2.11. The van der Waals surface area contributed by atoms with Gasteiger partial charge in [-0.2, -0.15) is 0 Å².